The van der Waals surface area contributed by atoms with Crippen LogP contribution >= 0.6 is 0 Å². The minimum Gasteiger partial charge on any atom is -0.494 e. The van der Waals surface area contributed by atoms with Gasteiger partial charge in [0.15, 0.2) is 0 Å². The van der Waals surface area contributed by atoms with E-state index in [0.29, 0.717) is 17.5 Å². The molecule has 4 fully saturated rings. The lowest BCUT2D eigenvalue weighted by molar-refractivity contribution is -0.0204. The second kappa shape index (κ2) is 7.68. The van der Waals surface area contributed by atoms with Crippen molar-refractivity contribution in [3.05, 3.63) is 52.6 Å². The molecule has 4 aliphatic carbocycles. The zero-order chi connectivity index (χ0) is 25.0. The van der Waals surface area contributed by atoms with E-state index in [1.165, 1.54) is 48.9 Å². The van der Waals surface area contributed by atoms with Crippen molar-refractivity contribution in [3.63, 3.8) is 0 Å². The molecule has 2 aromatic heterocycles. The SMILES string of the molecule is COc1cc(C(=O)N2C[C@H]3CC4C[C@@H]2[C@H]43)cc2nc(C3=Cc4ccc(C)nc4CC3CC3CC3)n(C)c12. The molecule has 5 atom stereocenters. The van der Waals surface area contributed by atoms with Crippen molar-refractivity contribution in [2.45, 2.75) is 51.5 Å². The Morgan fingerprint density at radius 2 is 2.00 bits per heavy atom. The zero-order valence-corrected chi connectivity index (χ0v) is 21.9. The van der Waals surface area contributed by atoms with Crippen molar-refractivity contribution in [3.8, 4) is 5.75 Å². The van der Waals surface area contributed by atoms with E-state index < -0.39 is 0 Å². The van der Waals surface area contributed by atoms with E-state index in [9.17, 15) is 4.79 Å². The normalized spacial score (nSPS) is 29.3. The van der Waals surface area contributed by atoms with E-state index in [1.807, 2.05) is 12.1 Å². The second-order valence-corrected chi connectivity index (χ2v) is 12.3. The lowest BCUT2D eigenvalue weighted by Gasteiger charge is -2.52. The number of fused-ring (bicyclic) bond motifs is 2. The third kappa shape index (κ3) is 3.20. The predicted molar refractivity (Wildman–Crippen MR) is 143 cm³/mol. The molecule has 37 heavy (non-hydrogen) atoms. The number of allylic oxidation sites excluding steroid dienone is 1. The number of ether oxygens (including phenoxy) is 1. The summed E-state index contributed by atoms with van der Waals surface area (Å²) in [5, 5.41) is 0. The van der Waals surface area contributed by atoms with Gasteiger partial charge in [-0.3, -0.25) is 9.78 Å². The molecular weight excluding hydrogens is 460 g/mol. The number of nitrogens with zero attached hydrogens (tertiary/aromatic N) is 4. The van der Waals surface area contributed by atoms with E-state index in [0.717, 1.165) is 64.9 Å². The van der Waals surface area contributed by atoms with Crippen molar-refractivity contribution < 1.29 is 9.53 Å². The van der Waals surface area contributed by atoms with Crippen LogP contribution in [0.3, 0.4) is 0 Å². The summed E-state index contributed by atoms with van der Waals surface area (Å²) < 4.78 is 8.04. The van der Waals surface area contributed by atoms with Gasteiger partial charge in [0, 0.05) is 36.6 Å². The third-order valence-corrected chi connectivity index (χ3v) is 10.1. The number of aromatic nitrogens is 3. The maximum absolute atomic E-state index is 13.7. The molecule has 0 spiro atoms. The molecule has 6 heteroatoms. The lowest BCUT2D eigenvalue weighted by Crippen LogP contribution is -2.53. The first-order chi connectivity index (χ1) is 18.0. The highest BCUT2D eigenvalue weighted by Crippen LogP contribution is 2.60. The summed E-state index contributed by atoms with van der Waals surface area (Å²) in [5.41, 5.74) is 7.27. The maximum Gasteiger partial charge on any atom is 0.254 e. The topological polar surface area (TPSA) is 60.2 Å². The minimum absolute atomic E-state index is 0.143. The van der Waals surface area contributed by atoms with E-state index in [-0.39, 0.29) is 5.91 Å². The summed E-state index contributed by atoms with van der Waals surface area (Å²) in [6.07, 6.45) is 9.62. The highest BCUT2D eigenvalue weighted by molar-refractivity contribution is 6.00. The minimum atomic E-state index is 0.143. The molecule has 8 rings (SSSR count). The van der Waals surface area contributed by atoms with Gasteiger partial charge < -0.3 is 14.2 Å². The molecule has 3 aromatic rings. The molecule has 1 amide bonds. The van der Waals surface area contributed by atoms with Gasteiger partial charge in [0.05, 0.1) is 12.6 Å². The molecule has 190 valence electrons. The van der Waals surface area contributed by atoms with Crippen LogP contribution in [-0.2, 0) is 13.5 Å². The summed E-state index contributed by atoms with van der Waals surface area (Å²) >= 11 is 0. The van der Waals surface area contributed by atoms with Crippen LogP contribution in [0.2, 0.25) is 0 Å². The average Bonchev–Trinajstić information content (AvgIpc) is 3.63. The number of imidazole rings is 1. The van der Waals surface area contributed by atoms with E-state index in [4.69, 9.17) is 14.7 Å². The Morgan fingerprint density at radius 3 is 2.76 bits per heavy atom. The highest BCUT2D eigenvalue weighted by atomic mass is 16.5. The number of likely N-dealkylation sites (tertiary alicyclic amines) is 1. The van der Waals surface area contributed by atoms with Gasteiger partial charge in [-0.1, -0.05) is 18.9 Å². The van der Waals surface area contributed by atoms with Crippen LogP contribution in [0.15, 0.2) is 24.3 Å². The number of hydrogen-bond acceptors (Lipinski definition) is 4. The standard InChI is InChI=1S/C31H34N4O2/c1-16-4-7-18-10-23(19(8-17-5-6-17)11-24(18)32-16)30-33-25-12-21(14-27(37-3)29(25)34(30)2)31(36)35-15-22-9-20-13-26(35)28(20)22/h4,7,10,12,14,17,19-20,22,26,28H,5-6,8-9,11,13,15H2,1-3H3/t19?,20?,22-,26-,28-/m1/s1. The molecule has 5 aliphatic rings. The Kier molecular flexibility index (Phi) is 4.55. The maximum atomic E-state index is 13.7. The second-order valence-electron chi connectivity index (χ2n) is 12.3. The summed E-state index contributed by atoms with van der Waals surface area (Å²) in [4.78, 5) is 25.9. The average molecular weight is 495 g/mol. The Morgan fingerprint density at radius 1 is 1.14 bits per heavy atom. The third-order valence-electron chi connectivity index (χ3n) is 10.1. The molecular formula is C31H34N4O2. The van der Waals surface area contributed by atoms with Gasteiger partial charge in [-0.15, -0.1) is 0 Å². The fourth-order valence-electron chi connectivity index (χ4n) is 7.97. The fraction of sp³-hybridized carbons (Fsp3) is 0.516. The molecule has 6 nitrogen and oxygen atoms in total. The van der Waals surface area contributed by atoms with Gasteiger partial charge in [0.1, 0.15) is 17.1 Å². The van der Waals surface area contributed by atoms with Crippen molar-refractivity contribution >= 4 is 28.6 Å². The number of benzene rings is 1. The molecule has 3 saturated carbocycles. The van der Waals surface area contributed by atoms with Gasteiger partial charge >= 0.3 is 0 Å². The van der Waals surface area contributed by atoms with Gasteiger partial charge in [-0.25, -0.2) is 4.98 Å². The van der Waals surface area contributed by atoms with E-state index in [2.05, 4.69) is 41.6 Å². The van der Waals surface area contributed by atoms with Crippen molar-refractivity contribution in [1.29, 1.82) is 0 Å². The summed E-state index contributed by atoms with van der Waals surface area (Å²) in [5.74, 6) is 5.43. The molecule has 0 bridgehead atoms. The van der Waals surface area contributed by atoms with Gasteiger partial charge in [0.2, 0.25) is 0 Å². The van der Waals surface area contributed by atoms with Gasteiger partial charge in [-0.05, 0) is 97.6 Å². The number of amides is 1. The molecule has 2 unspecified atom stereocenters. The fourth-order valence-corrected chi connectivity index (χ4v) is 7.97. The molecule has 1 aromatic carbocycles. The first kappa shape index (κ1) is 21.9. The summed E-state index contributed by atoms with van der Waals surface area (Å²) in [6, 6.07) is 8.67. The van der Waals surface area contributed by atoms with Crippen LogP contribution < -0.4 is 4.74 Å². The van der Waals surface area contributed by atoms with Crippen LogP contribution in [0.5, 0.6) is 5.75 Å². The van der Waals surface area contributed by atoms with E-state index in [1.54, 1.807) is 7.11 Å². The Labute approximate surface area is 217 Å². The number of rotatable bonds is 5. The highest BCUT2D eigenvalue weighted by Gasteiger charge is 2.61. The molecule has 0 N–H and O–H groups in total. The smallest absolute Gasteiger partial charge is 0.254 e. The predicted octanol–water partition coefficient (Wildman–Crippen LogP) is 5.28. The molecule has 1 aliphatic heterocycles. The van der Waals surface area contributed by atoms with Crippen LogP contribution in [-0.4, -0.2) is 45.0 Å². The summed E-state index contributed by atoms with van der Waals surface area (Å²) in [6.45, 7) is 2.99. The molecule has 0 radical (unpaired) electrons. The van der Waals surface area contributed by atoms with Crippen LogP contribution in [0.25, 0.3) is 22.7 Å². The van der Waals surface area contributed by atoms with Crippen molar-refractivity contribution in [1.82, 2.24) is 19.4 Å². The first-order valence-electron chi connectivity index (χ1n) is 14.0. The largest absolute Gasteiger partial charge is 0.494 e. The number of carbonyl (C=O) groups excluding carboxylic acids is 1. The van der Waals surface area contributed by atoms with Crippen LogP contribution in [0, 0.1) is 36.5 Å². The summed E-state index contributed by atoms with van der Waals surface area (Å²) in [7, 11) is 3.78. The Bertz CT molecular complexity index is 1500. The Hall–Kier alpha value is -3.15. The van der Waals surface area contributed by atoms with Gasteiger partial charge in [0.25, 0.3) is 5.91 Å². The number of hydrogen-bond donors (Lipinski definition) is 0. The van der Waals surface area contributed by atoms with E-state index >= 15 is 0 Å². The molecule has 1 saturated heterocycles. The number of pyridine rings is 1. The number of methoxy groups -OCH3 is 1. The molecule has 3 heterocycles. The van der Waals surface area contributed by atoms with Crippen LogP contribution in [0.1, 0.15) is 65.2 Å². The Balaban J connectivity index is 1.21. The quantitative estimate of drug-likeness (QED) is 0.484. The monoisotopic (exact) mass is 494 g/mol. The zero-order valence-electron chi connectivity index (χ0n) is 21.9. The number of carbonyl (C=O) groups is 1. The lowest BCUT2D eigenvalue weighted by atomic mass is 9.53. The van der Waals surface area contributed by atoms with Crippen molar-refractivity contribution in [2.24, 2.45) is 36.6 Å². The number of aryl methyl sites for hydroxylation is 2. The first-order valence-corrected chi connectivity index (χ1v) is 14.0. The van der Waals surface area contributed by atoms with Crippen molar-refractivity contribution in [2.75, 3.05) is 13.7 Å². The van der Waals surface area contributed by atoms with Crippen LogP contribution in [0.4, 0.5) is 0 Å². The van der Waals surface area contributed by atoms with Gasteiger partial charge in [-0.2, -0.15) is 0 Å².